The topological polar surface area (TPSA) is 21.3 Å². The molecule has 0 bridgehead atoms. The molecular weight excluding hydrogens is 234 g/mol. The summed E-state index contributed by atoms with van der Waals surface area (Å²) in [7, 11) is 2.15. The van der Waals surface area contributed by atoms with Crippen LogP contribution in [0, 0.1) is 11.8 Å². The third-order valence-electron chi connectivity index (χ3n) is 5.35. The molecule has 2 unspecified atom stereocenters. The van der Waals surface area contributed by atoms with Crippen molar-refractivity contribution < 1.29 is 4.74 Å². The molecule has 112 valence electrons. The lowest BCUT2D eigenvalue weighted by molar-refractivity contribution is 0.0949. The maximum Gasteiger partial charge on any atom is 0.0576 e. The van der Waals surface area contributed by atoms with E-state index in [9.17, 15) is 0 Å². The quantitative estimate of drug-likeness (QED) is 0.748. The van der Waals surface area contributed by atoms with E-state index in [1.807, 2.05) is 0 Å². The van der Waals surface area contributed by atoms with Crippen LogP contribution in [0.25, 0.3) is 0 Å². The van der Waals surface area contributed by atoms with E-state index in [1.165, 1.54) is 64.2 Å². The van der Waals surface area contributed by atoms with E-state index in [1.54, 1.807) is 0 Å². The zero-order chi connectivity index (χ0) is 13.5. The Balaban J connectivity index is 1.69. The van der Waals surface area contributed by atoms with Crippen molar-refractivity contribution in [1.82, 2.24) is 5.32 Å². The lowest BCUT2D eigenvalue weighted by Crippen LogP contribution is -2.36. The molecule has 2 aliphatic rings. The average molecular weight is 267 g/mol. The van der Waals surface area contributed by atoms with Crippen LogP contribution in [-0.2, 0) is 4.74 Å². The molecule has 1 aliphatic heterocycles. The standard InChI is InChI=1S/C17H33NO/c1-3-5-14-7-9-15(10-8-14)17(18-2)12-11-16-6-4-13-19-16/h14-18H,3-13H2,1-2H3. The Kier molecular flexibility index (Phi) is 6.66. The van der Waals surface area contributed by atoms with Crippen molar-refractivity contribution in [3.05, 3.63) is 0 Å². The summed E-state index contributed by atoms with van der Waals surface area (Å²) < 4.78 is 5.76. The molecule has 2 atom stereocenters. The zero-order valence-electron chi connectivity index (χ0n) is 13.0. The van der Waals surface area contributed by atoms with Gasteiger partial charge in [-0.15, -0.1) is 0 Å². The van der Waals surface area contributed by atoms with Gasteiger partial charge in [0, 0.05) is 12.6 Å². The maximum atomic E-state index is 5.76. The number of nitrogens with one attached hydrogen (secondary N) is 1. The highest BCUT2D eigenvalue weighted by Crippen LogP contribution is 2.34. The molecule has 1 saturated carbocycles. The molecule has 0 aromatic heterocycles. The van der Waals surface area contributed by atoms with Crippen molar-refractivity contribution in [3.63, 3.8) is 0 Å². The van der Waals surface area contributed by atoms with E-state index >= 15 is 0 Å². The van der Waals surface area contributed by atoms with Crippen molar-refractivity contribution in [3.8, 4) is 0 Å². The van der Waals surface area contributed by atoms with Gasteiger partial charge in [-0.05, 0) is 57.4 Å². The molecule has 19 heavy (non-hydrogen) atoms. The Morgan fingerprint density at radius 3 is 2.47 bits per heavy atom. The minimum absolute atomic E-state index is 0.562. The molecule has 1 N–H and O–H groups in total. The molecule has 2 rings (SSSR count). The van der Waals surface area contributed by atoms with Crippen LogP contribution in [0.2, 0.25) is 0 Å². The Labute approximate surface area is 119 Å². The van der Waals surface area contributed by atoms with Crippen molar-refractivity contribution >= 4 is 0 Å². The van der Waals surface area contributed by atoms with Gasteiger partial charge >= 0.3 is 0 Å². The normalized spacial score (nSPS) is 33.5. The molecule has 0 aromatic rings. The summed E-state index contributed by atoms with van der Waals surface area (Å²) >= 11 is 0. The highest BCUT2D eigenvalue weighted by Gasteiger charge is 2.27. The smallest absolute Gasteiger partial charge is 0.0576 e. The Morgan fingerprint density at radius 2 is 1.89 bits per heavy atom. The predicted octanol–water partition coefficient (Wildman–Crippen LogP) is 4.14. The summed E-state index contributed by atoms with van der Waals surface area (Å²) in [5.41, 5.74) is 0. The molecule has 2 fully saturated rings. The van der Waals surface area contributed by atoms with E-state index in [2.05, 4.69) is 19.3 Å². The van der Waals surface area contributed by atoms with Crippen LogP contribution in [0.1, 0.15) is 71.1 Å². The number of hydrogen-bond acceptors (Lipinski definition) is 2. The van der Waals surface area contributed by atoms with Crippen LogP contribution in [-0.4, -0.2) is 25.8 Å². The minimum atomic E-state index is 0.562. The van der Waals surface area contributed by atoms with Gasteiger partial charge in [0.2, 0.25) is 0 Å². The molecule has 1 heterocycles. The highest BCUT2D eigenvalue weighted by molar-refractivity contribution is 4.82. The van der Waals surface area contributed by atoms with Crippen molar-refractivity contribution in [2.45, 2.75) is 83.3 Å². The van der Waals surface area contributed by atoms with Gasteiger partial charge in [-0.3, -0.25) is 0 Å². The fourth-order valence-corrected chi connectivity index (χ4v) is 4.14. The highest BCUT2D eigenvalue weighted by atomic mass is 16.5. The molecule has 1 saturated heterocycles. The second-order valence-electron chi connectivity index (χ2n) is 6.68. The number of ether oxygens (including phenoxy) is 1. The summed E-state index contributed by atoms with van der Waals surface area (Å²) in [6.45, 7) is 3.32. The van der Waals surface area contributed by atoms with Crippen LogP contribution < -0.4 is 5.32 Å². The monoisotopic (exact) mass is 267 g/mol. The third-order valence-corrected chi connectivity index (χ3v) is 5.35. The first-order valence-electron chi connectivity index (χ1n) is 8.62. The molecule has 2 heteroatoms. The van der Waals surface area contributed by atoms with Crippen LogP contribution in [0.15, 0.2) is 0 Å². The van der Waals surface area contributed by atoms with Crippen LogP contribution >= 0.6 is 0 Å². The first kappa shape index (κ1) is 15.3. The van der Waals surface area contributed by atoms with E-state index < -0.39 is 0 Å². The SMILES string of the molecule is CCCC1CCC(C(CCC2CCCO2)NC)CC1. The van der Waals surface area contributed by atoms with Gasteiger partial charge in [0.05, 0.1) is 6.10 Å². The van der Waals surface area contributed by atoms with Gasteiger partial charge < -0.3 is 10.1 Å². The predicted molar refractivity (Wildman–Crippen MR) is 81.4 cm³/mol. The molecular formula is C17H33NO. The number of hydrogen-bond donors (Lipinski definition) is 1. The lowest BCUT2D eigenvalue weighted by Gasteiger charge is -2.34. The summed E-state index contributed by atoms with van der Waals surface area (Å²) in [6.07, 6.45) is 14.3. The van der Waals surface area contributed by atoms with Gasteiger partial charge in [-0.1, -0.05) is 32.6 Å². The van der Waals surface area contributed by atoms with Crippen LogP contribution in [0.4, 0.5) is 0 Å². The van der Waals surface area contributed by atoms with E-state index in [-0.39, 0.29) is 0 Å². The molecule has 0 aromatic carbocycles. The number of rotatable bonds is 7. The van der Waals surface area contributed by atoms with Gasteiger partial charge in [0.15, 0.2) is 0 Å². The van der Waals surface area contributed by atoms with E-state index in [0.29, 0.717) is 6.10 Å². The van der Waals surface area contributed by atoms with Crippen LogP contribution in [0.5, 0.6) is 0 Å². The van der Waals surface area contributed by atoms with Crippen LogP contribution in [0.3, 0.4) is 0 Å². The van der Waals surface area contributed by atoms with Crippen molar-refractivity contribution in [2.75, 3.05) is 13.7 Å². The summed E-state index contributed by atoms with van der Waals surface area (Å²) in [6, 6.07) is 0.728. The first-order chi connectivity index (χ1) is 9.33. The van der Waals surface area contributed by atoms with Gasteiger partial charge in [-0.25, -0.2) is 0 Å². The summed E-state index contributed by atoms with van der Waals surface area (Å²) in [5.74, 6) is 1.94. The fraction of sp³-hybridized carbons (Fsp3) is 1.00. The fourth-order valence-electron chi connectivity index (χ4n) is 4.14. The van der Waals surface area contributed by atoms with E-state index in [0.717, 1.165) is 24.5 Å². The zero-order valence-corrected chi connectivity index (χ0v) is 13.0. The Morgan fingerprint density at radius 1 is 1.11 bits per heavy atom. The molecule has 0 radical (unpaired) electrons. The lowest BCUT2D eigenvalue weighted by atomic mass is 9.76. The average Bonchev–Trinajstić information content (AvgIpc) is 2.95. The van der Waals surface area contributed by atoms with Crippen molar-refractivity contribution in [1.29, 1.82) is 0 Å². The van der Waals surface area contributed by atoms with Gasteiger partial charge in [0.1, 0.15) is 0 Å². The Bertz CT molecular complexity index is 229. The second-order valence-corrected chi connectivity index (χ2v) is 6.68. The third kappa shape index (κ3) is 4.75. The molecule has 2 nitrogen and oxygen atoms in total. The second kappa shape index (κ2) is 8.26. The van der Waals surface area contributed by atoms with E-state index in [4.69, 9.17) is 4.74 Å². The van der Waals surface area contributed by atoms with Gasteiger partial charge in [0.25, 0.3) is 0 Å². The minimum Gasteiger partial charge on any atom is -0.378 e. The Hall–Kier alpha value is -0.0800. The first-order valence-corrected chi connectivity index (χ1v) is 8.62. The summed E-state index contributed by atoms with van der Waals surface area (Å²) in [4.78, 5) is 0. The molecule has 1 aliphatic carbocycles. The largest absolute Gasteiger partial charge is 0.378 e. The maximum absolute atomic E-state index is 5.76. The summed E-state index contributed by atoms with van der Waals surface area (Å²) in [5, 5.41) is 3.59. The molecule has 0 spiro atoms. The van der Waals surface area contributed by atoms with Gasteiger partial charge in [-0.2, -0.15) is 0 Å². The van der Waals surface area contributed by atoms with Crippen molar-refractivity contribution in [2.24, 2.45) is 11.8 Å². The molecule has 0 amide bonds.